The number of rotatable bonds is 10. The Kier molecular flexibility index (Phi) is 9.90. The Hall–Kier alpha value is -1.32. The van der Waals surface area contributed by atoms with Gasteiger partial charge in [-0.15, -0.1) is 0 Å². The Labute approximate surface area is 282 Å². The van der Waals surface area contributed by atoms with Gasteiger partial charge in [0.2, 0.25) is 0 Å². The Bertz CT molecular complexity index is 1940. The molecule has 2 aliphatic rings. The average Bonchev–Trinajstić information content (AvgIpc) is 3.71. The van der Waals surface area contributed by atoms with Crippen molar-refractivity contribution in [3.63, 3.8) is 0 Å². The highest BCUT2D eigenvalue weighted by Crippen LogP contribution is 2.57. The molecule has 4 aromatic rings. The summed E-state index contributed by atoms with van der Waals surface area (Å²) in [5.74, 6) is 0.120. The van der Waals surface area contributed by atoms with Crippen LogP contribution in [0.1, 0.15) is 18.9 Å². The third kappa shape index (κ3) is 7.03. The molecule has 17 nitrogen and oxygen atoms in total. The predicted octanol–water partition coefficient (Wildman–Crippen LogP) is 3.19. The van der Waals surface area contributed by atoms with Gasteiger partial charge in [-0.3, -0.25) is 22.9 Å². The van der Waals surface area contributed by atoms with Gasteiger partial charge in [-0.1, -0.05) is 59.0 Å². The second kappa shape index (κ2) is 13.2. The van der Waals surface area contributed by atoms with Gasteiger partial charge in [-0.25, -0.2) is 24.1 Å². The van der Waals surface area contributed by atoms with E-state index in [2.05, 4.69) is 39.4 Å². The number of fused-ring (bicyclic) bond motifs is 2. The summed E-state index contributed by atoms with van der Waals surface area (Å²) in [5.41, 5.74) is 6.89. The number of hydrogen-bond donors (Lipinski definition) is 6. The first kappa shape index (κ1) is 34.5. The number of imidazole rings is 1. The fraction of sp³-hybridized carbons (Fsp3) is 0.455. The first-order chi connectivity index (χ1) is 21.6. The summed E-state index contributed by atoms with van der Waals surface area (Å²) in [6.07, 6.45) is -6.25. The standard InChI is InChI=1S/C22H24Cl2N6O11P2S3/c23-8-1-10-11(2-9(8)24)29(7-28-10)21-17(16(32)14(40-21)5-37-42(34,35)44)41-43(36,45)38-4-13-12(31)3-15(39-13)30-20-18(46-22(30)33)19(25)26-6-27-20/h1-2,6-7,12-17,21,31-32H,3-5H2,(H,36,45)(H2,25,26,27)(H2,34,35,44)/t12-,13+,14+,15+,16?,17?,21+,43?/m0/s1. The minimum Gasteiger partial charge on any atom is -0.390 e. The number of aromatic nitrogens is 5. The molecule has 0 radical (unpaired) electrons. The number of thiazole rings is 1. The van der Waals surface area contributed by atoms with Crippen molar-refractivity contribution in [1.29, 1.82) is 0 Å². The molecule has 3 aromatic heterocycles. The summed E-state index contributed by atoms with van der Waals surface area (Å²) in [4.78, 5) is 34.0. The van der Waals surface area contributed by atoms with Crippen LogP contribution in [0.2, 0.25) is 10.0 Å². The molecule has 0 spiro atoms. The zero-order valence-electron chi connectivity index (χ0n) is 22.8. The van der Waals surface area contributed by atoms with Gasteiger partial charge in [-0.05, 0) is 12.1 Å². The summed E-state index contributed by atoms with van der Waals surface area (Å²) in [5, 5.41) is 22.2. The summed E-state index contributed by atoms with van der Waals surface area (Å²) < 4.78 is 55.9. The van der Waals surface area contributed by atoms with Gasteiger partial charge >= 0.3 is 18.5 Å². The van der Waals surface area contributed by atoms with Crippen molar-refractivity contribution in [3.05, 3.63) is 44.5 Å². The molecular weight excluding hydrogens is 753 g/mol. The highest BCUT2D eigenvalue weighted by atomic mass is 35.5. The molecule has 250 valence electrons. The van der Waals surface area contributed by atoms with Crippen LogP contribution in [0.25, 0.3) is 21.4 Å². The molecule has 24 heteroatoms. The first-order valence-electron chi connectivity index (χ1n) is 13.1. The summed E-state index contributed by atoms with van der Waals surface area (Å²) in [7, 11) is 0. The molecule has 5 heterocycles. The van der Waals surface area contributed by atoms with Crippen LogP contribution in [0.5, 0.6) is 0 Å². The molecule has 2 fully saturated rings. The monoisotopic (exact) mass is 776 g/mol. The number of nitrogens with zero attached hydrogens (tertiary/aromatic N) is 5. The van der Waals surface area contributed by atoms with Crippen LogP contribution in [0.3, 0.4) is 0 Å². The van der Waals surface area contributed by atoms with Crippen LogP contribution in [0, 0.1) is 0 Å². The minimum absolute atomic E-state index is 0.0273. The summed E-state index contributed by atoms with van der Waals surface area (Å²) in [6.45, 7) is -9.72. The van der Waals surface area contributed by atoms with Crippen LogP contribution in [0.4, 0.5) is 5.82 Å². The van der Waals surface area contributed by atoms with E-state index in [1.807, 2.05) is 0 Å². The van der Waals surface area contributed by atoms with Crippen molar-refractivity contribution in [2.45, 2.75) is 49.4 Å². The van der Waals surface area contributed by atoms with Crippen molar-refractivity contribution in [2.75, 3.05) is 18.9 Å². The fourth-order valence-corrected chi connectivity index (χ4v) is 8.28. The third-order valence-electron chi connectivity index (χ3n) is 7.19. The highest BCUT2D eigenvalue weighted by Gasteiger charge is 2.50. The first-order valence-corrected chi connectivity index (χ1v) is 20.1. The number of aliphatic hydroxyl groups excluding tert-OH is 2. The lowest BCUT2D eigenvalue weighted by Gasteiger charge is -2.26. The Morgan fingerprint density at radius 2 is 1.80 bits per heavy atom. The van der Waals surface area contributed by atoms with Crippen molar-refractivity contribution in [1.82, 2.24) is 24.1 Å². The van der Waals surface area contributed by atoms with E-state index >= 15 is 0 Å². The zero-order chi connectivity index (χ0) is 33.1. The van der Waals surface area contributed by atoms with Crippen LogP contribution in [0.15, 0.2) is 29.6 Å². The number of nitrogens with two attached hydrogens (primary N) is 1. The quantitative estimate of drug-likeness (QED) is 0.100. The maximum absolute atomic E-state index is 13.5. The molecule has 5 N–H and O–H groups in total. The Morgan fingerprint density at radius 1 is 1.09 bits per heavy atom. The maximum atomic E-state index is 13.5. The molecule has 6 rings (SSSR count). The van der Waals surface area contributed by atoms with Gasteiger partial charge in [-0.2, -0.15) is 0 Å². The summed E-state index contributed by atoms with van der Waals surface area (Å²) in [6, 6.07) is 3.00. The van der Waals surface area contributed by atoms with Gasteiger partial charge in [0.1, 0.15) is 47.5 Å². The number of hydrogen-bond acceptors (Lipinski definition) is 15. The van der Waals surface area contributed by atoms with Gasteiger partial charge in [0.15, 0.2) is 11.9 Å². The Balaban J connectivity index is 1.19. The minimum atomic E-state index is -4.37. The SMILES string of the molecule is Nc1ncnc2c1sc(=O)n2[C@H]1C[C@H](O)[C@@H](COP(=O)(S)OC2C(O)[C@@H](COP(=O)(O)S)O[C@H]2n2cnc3cc(Cl)c(Cl)cc32)O1. The lowest BCUT2D eigenvalue weighted by atomic mass is 10.1. The number of anilines is 1. The maximum Gasteiger partial charge on any atom is 0.386 e. The Morgan fingerprint density at radius 3 is 2.54 bits per heavy atom. The molecule has 0 bridgehead atoms. The normalized spacial score (nSPS) is 29.4. The number of benzene rings is 1. The molecule has 9 atom stereocenters. The number of nitrogen functional groups attached to an aromatic ring is 1. The van der Waals surface area contributed by atoms with E-state index in [0.717, 1.165) is 11.3 Å². The second-order valence-corrected chi connectivity index (χ2v) is 17.6. The van der Waals surface area contributed by atoms with E-state index < -0.39 is 74.7 Å². The van der Waals surface area contributed by atoms with E-state index in [0.29, 0.717) is 15.7 Å². The fourth-order valence-electron chi connectivity index (χ4n) is 5.09. The third-order valence-corrected chi connectivity index (χ3v) is 11.3. The molecule has 1 aromatic carbocycles. The van der Waals surface area contributed by atoms with Crippen LogP contribution in [-0.4, -0.2) is 82.9 Å². The molecule has 46 heavy (non-hydrogen) atoms. The molecule has 0 amide bonds. The van der Waals surface area contributed by atoms with Crippen molar-refractivity contribution < 1.29 is 47.3 Å². The van der Waals surface area contributed by atoms with Crippen LogP contribution >= 0.6 is 72.6 Å². The van der Waals surface area contributed by atoms with Crippen LogP contribution in [-0.2, 0) is 32.2 Å². The summed E-state index contributed by atoms with van der Waals surface area (Å²) >= 11 is 20.7. The van der Waals surface area contributed by atoms with Gasteiger partial charge in [0, 0.05) is 6.42 Å². The lowest BCUT2D eigenvalue weighted by molar-refractivity contribution is -0.0509. The molecule has 0 saturated carbocycles. The molecular formula is C22H24Cl2N6O11P2S3. The van der Waals surface area contributed by atoms with Crippen molar-refractivity contribution in [2.24, 2.45) is 0 Å². The van der Waals surface area contributed by atoms with Crippen LogP contribution < -0.4 is 10.6 Å². The predicted molar refractivity (Wildman–Crippen MR) is 172 cm³/mol. The van der Waals surface area contributed by atoms with E-state index in [1.165, 1.54) is 33.9 Å². The smallest absolute Gasteiger partial charge is 0.386 e. The lowest BCUT2D eigenvalue weighted by Crippen LogP contribution is -2.35. The second-order valence-electron chi connectivity index (χ2n) is 10.2. The molecule has 2 aliphatic heterocycles. The largest absolute Gasteiger partial charge is 0.390 e. The van der Waals surface area contributed by atoms with Gasteiger partial charge < -0.3 is 34.9 Å². The van der Waals surface area contributed by atoms with Crippen molar-refractivity contribution >= 4 is 99.8 Å². The molecule has 4 unspecified atom stereocenters. The van der Waals surface area contributed by atoms with E-state index in [-0.39, 0.29) is 27.9 Å². The van der Waals surface area contributed by atoms with E-state index in [1.54, 1.807) is 0 Å². The van der Waals surface area contributed by atoms with Crippen molar-refractivity contribution in [3.8, 4) is 0 Å². The molecule has 0 aliphatic carbocycles. The van der Waals surface area contributed by atoms with Gasteiger partial charge in [0.05, 0.1) is 46.7 Å². The number of halogens is 2. The average molecular weight is 778 g/mol. The topological polar surface area (TPSA) is 233 Å². The van der Waals surface area contributed by atoms with E-state index in [4.69, 9.17) is 52.0 Å². The highest BCUT2D eigenvalue weighted by molar-refractivity contribution is 8.44. The number of aliphatic hydroxyl groups is 2. The van der Waals surface area contributed by atoms with E-state index in [9.17, 15) is 29.0 Å². The zero-order valence-corrected chi connectivity index (χ0v) is 28.8. The molecule has 2 saturated heterocycles. The number of thiol groups is 2. The number of ether oxygens (including phenoxy) is 2. The van der Waals surface area contributed by atoms with Gasteiger partial charge in [0.25, 0.3) is 0 Å².